The van der Waals surface area contributed by atoms with Crippen LogP contribution < -0.4 is 9.80 Å². The SMILES string of the molecule is CN(C)c1ccc(C(CCCO[SiH3])(c2ccc(N(C)C)cc2)N2CCCCC2)cc1. The summed E-state index contributed by atoms with van der Waals surface area (Å²) in [5.41, 5.74) is 5.20. The second-order valence-electron chi connectivity index (χ2n) is 8.89. The number of hydrogen-bond acceptors (Lipinski definition) is 4. The molecule has 0 aromatic heterocycles. The van der Waals surface area contributed by atoms with Gasteiger partial charge in [-0.2, -0.15) is 0 Å². The van der Waals surface area contributed by atoms with Crippen molar-refractivity contribution in [2.24, 2.45) is 0 Å². The van der Waals surface area contributed by atoms with Crippen LogP contribution in [0.15, 0.2) is 48.5 Å². The van der Waals surface area contributed by atoms with Crippen LogP contribution in [-0.2, 0) is 9.96 Å². The number of piperidine rings is 1. The van der Waals surface area contributed by atoms with Crippen molar-refractivity contribution >= 4 is 21.9 Å². The zero-order chi connectivity index (χ0) is 21.6. The first-order chi connectivity index (χ1) is 14.5. The Morgan fingerprint density at radius 2 is 1.27 bits per heavy atom. The van der Waals surface area contributed by atoms with Gasteiger partial charge in [-0.1, -0.05) is 30.7 Å². The monoisotopic (exact) mass is 425 g/mol. The Morgan fingerprint density at radius 3 is 1.67 bits per heavy atom. The lowest BCUT2D eigenvalue weighted by Crippen LogP contribution is -2.49. The zero-order valence-electron chi connectivity index (χ0n) is 19.5. The molecule has 5 heteroatoms. The number of nitrogens with zero attached hydrogens (tertiary/aromatic N) is 3. The molecular formula is C25H39N3OSi. The van der Waals surface area contributed by atoms with Crippen LogP contribution in [0.3, 0.4) is 0 Å². The zero-order valence-corrected chi connectivity index (χ0v) is 21.5. The van der Waals surface area contributed by atoms with Gasteiger partial charge in [0, 0.05) is 46.2 Å². The highest BCUT2D eigenvalue weighted by molar-refractivity contribution is 5.97. The lowest BCUT2D eigenvalue weighted by Gasteiger charge is -2.47. The standard InChI is InChI=1S/C25H39N3OSi/c1-26(2)23-13-9-21(10-14-23)25(17-8-20-29-30,28-18-6-5-7-19-28)22-11-15-24(16-12-22)27(3)4/h9-16H,5-8,17-20H2,1-4,30H3. The van der Waals surface area contributed by atoms with Crippen LogP contribution in [0.25, 0.3) is 0 Å². The van der Waals surface area contributed by atoms with E-state index in [1.165, 1.54) is 41.8 Å². The van der Waals surface area contributed by atoms with Crippen LogP contribution in [0.5, 0.6) is 0 Å². The summed E-state index contributed by atoms with van der Waals surface area (Å²) in [6.07, 6.45) is 6.06. The average Bonchev–Trinajstić information content (AvgIpc) is 2.78. The Kier molecular flexibility index (Phi) is 7.97. The molecule has 30 heavy (non-hydrogen) atoms. The van der Waals surface area contributed by atoms with Crippen LogP contribution in [0, 0.1) is 0 Å². The van der Waals surface area contributed by atoms with Gasteiger partial charge >= 0.3 is 0 Å². The van der Waals surface area contributed by atoms with Crippen LogP contribution in [0.2, 0.25) is 0 Å². The first-order valence-corrected chi connectivity index (χ1v) is 12.1. The summed E-state index contributed by atoms with van der Waals surface area (Å²) in [5.74, 6) is 0. The average molecular weight is 426 g/mol. The van der Waals surface area contributed by atoms with Crippen molar-refractivity contribution < 1.29 is 4.43 Å². The van der Waals surface area contributed by atoms with E-state index in [1.807, 2.05) is 0 Å². The minimum absolute atomic E-state index is 0.101. The van der Waals surface area contributed by atoms with Gasteiger partial charge in [0.05, 0.1) is 5.54 Å². The van der Waals surface area contributed by atoms with Gasteiger partial charge < -0.3 is 14.2 Å². The van der Waals surface area contributed by atoms with Crippen molar-refractivity contribution in [2.75, 3.05) is 57.7 Å². The largest absolute Gasteiger partial charge is 0.428 e. The van der Waals surface area contributed by atoms with E-state index in [-0.39, 0.29) is 5.54 Å². The molecule has 0 spiro atoms. The summed E-state index contributed by atoms with van der Waals surface area (Å²) in [6, 6.07) is 18.5. The predicted molar refractivity (Wildman–Crippen MR) is 133 cm³/mol. The summed E-state index contributed by atoms with van der Waals surface area (Å²) >= 11 is 0. The van der Waals surface area contributed by atoms with Crippen LogP contribution in [-0.4, -0.2) is 63.3 Å². The quantitative estimate of drug-likeness (QED) is 0.451. The number of rotatable bonds is 9. The highest BCUT2D eigenvalue weighted by atomic mass is 28.2. The molecule has 3 rings (SSSR count). The van der Waals surface area contributed by atoms with Gasteiger partial charge in [0.2, 0.25) is 0 Å². The van der Waals surface area contributed by atoms with Gasteiger partial charge in [-0.15, -0.1) is 0 Å². The van der Waals surface area contributed by atoms with Crippen LogP contribution in [0.1, 0.15) is 43.2 Å². The van der Waals surface area contributed by atoms with E-state index in [0.29, 0.717) is 0 Å². The number of hydrogen-bond donors (Lipinski definition) is 0. The maximum Gasteiger partial charge on any atom is 0.145 e. The number of likely N-dealkylation sites (tertiary alicyclic amines) is 1. The molecule has 164 valence electrons. The van der Waals surface area contributed by atoms with Crippen molar-refractivity contribution in [2.45, 2.75) is 37.6 Å². The minimum atomic E-state index is -0.101. The van der Waals surface area contributed by atoms with Gasteiger partial charge in [0.25, 0.3) is 0 Å². The third kappa shape index (κ3) is 4.90. The molecule has 0 radical (unpaired) electrons. The molecule has 1 saturated heterocycles. The molecule has 4 nitrogen and oxygen atoms in total. The normalized spacial score (nSPS) is 15.3. The molecule has 1 aliphatic heterocycles. The van der Waals surface area contributed by atoms with Gasteiger partial charge in [0.15, 0.2) is 0 Å². The molecule has 0 amide bonds. The third-order valence-corrected chi connectivity index (χ3v) is 6.91. The lowest BCUT2D eigenvalue weighted by molar-refractivity contribution is 0.0829. The van der Waals surface area contributed by atoms with E-state index < -0.39 is 0 Å². The van der Waals surface area contributed by atoms with Gasteiger partial charge in [-0.3, -0.25) is 4.90 Å². The molecule has 2 aromatic rings. The molecule has 2 aromatic carbocycles. The van der Waals surface area contributed by atoms with Crippen molar-refractivity contribution in [1.82, 2.24) is 4.90 Å². The van der Waals surface area contributed by atoms with Gasteiger partial charge in [-0.25, -0.2) is 0 Å². The fourth-order valence-electron chi connectivity index (χ4n) is 4.80. The van der Waals surface area contributed by atoms with Gasteiger partial charge in [-0.05, 0) is 74.2 Å². The lowest BCUT2D eigenvalue weighted by atomic mass is 9.76. The molecular weight excluding hydrogens is 386 g/mol. The second kappa shape index (κ2) is 10.5. The first kappa shape index (κ1) is 22.9. The highest BCUT2D eigenvalue weighted by Gasteiger charge is 2.40. The topological polar surface area (TPSA) is 19.0 Å². The van der Waals surface area contributed by atoms with E-state index in [0.717, 1.165) is 43.0 Å². The number of benzene rings is 2. The smallest absolute Gasteiger partial charge is 0.145 e. The van der Waals surface area contributed by atoms with Crippen molar-refractivity contribution in [3.8, 4) is 0 Å². The fourth-order valence-corrected chi connectivity index (χ4v) is 5.09. The molecule has 0 saturated carbocycles. The summed E-state index contributed by atoms with van der Waals surface area (Å²) in [5, 5.41) is 0. The minimum Gasteiger partial charge on any atom is -0.428 e. The molecule has 0 aliphatic carbocycles. The fraction of sp³-hybridized carbons (Fsp3) is 0.520. The summed E-state index contributed by atoms with van der Waals surface area (Å²) < 4.78 is 5.60. The van der Waals surface area contributed by atoms with Crippen LogP contribution in [0.4, 0.5) is 11.4 Å². The van der Waals surface area contributed by atoms with E-state index >= 15 is 0 Å². The van der Waals surface area contributed by atoms with Gasteiger partial charge in [0.1, 0.15) is 10.5 Å². The molecule has 1 fully saturated rings. The Labute approximate surface area is 186 Å². The molecule has 0 bridgehead atoms. The summed E-state index contributed by atoms with van der Waals surface area (Å²) in [4.78, 5) is 7.10. The van der Waals surface area contributed by atoms with E-state index in [9.17, 15) is 0 Å². The molecule has 0 unspecified atom stereocenters. The Balaban J connectivity index is 2.11. The second-order valence-corrected chi connectivity index (χ2v) is 9.46. The summed E-state index contributed by atoms with van der Waals surface area (Å²) in [6.45, 7) is 3.17. The van der Waals surface area contributed by atoms with Crippen LogP contribution >= 0.6 is 0 Å². The van der Waals surface area contributed by atoms with E-state index in [2.05, 4.69) is 91.4 Å². The van der Waals surface area contributed by atoms with Crippen molar-refractivity contribution in [3.63, 3.8) is 0 Å². The van der Waals surface area contributed by atoms with E-state index in [1.54, 1.807) is 0 Å². The molecule has 1 aliphatic rings. The Hall–Kier alpha value is -1.82. The third-order valence-electron chi connectivity index (χ3n) is 6.51. The maximum absolute atomic E-state index is 5.60. The predicted octanol–water partition coefficient (Wildman–Crippen LogP) is 3.63. The highest BCUT2D eigenvalue weighted by Crippen LogP contribution is 2.42. The summed E-state index contributed by atoms with van der Waals surface area (Å²) in [7, 11) is 9.23. The Morgan fingerprint density at radius 1 is 0.800 bits per heavy atom. The van der Waals surface area contributed by atoms with E-state index in [4.69, 9.17) is 4.43 Å². The maximum atomic E-state index is 5.60. The molecule has 1 heterocycles. The Bertz CT molecular complexity index is 716. The molecule has 0 atom stereocenters. The van der Waals surface area contributed by atoms with Crippen molar-refractivity contribution in [3.05, 3.63) is 59.7 Å². The van der Waals surface area contributed by atoms with Crippen molar-refractivity contribution in [1.29, 1.82) is 0 Å². The first-order valence-electron chi connectivity index (χ1n) is 11.3. The number of anilines is 2. The molecule has 0 N–H and O–H groups in total.